The molecule has 0 bridgehead atoms. The molecule has 5 atom stereocenters. The molecule has 0 aromatic rings. The third-order valence-corrected chi connectivity index (χ3v) is 18.1. The van der Waals surface area contributed by atoms with Gasteiger partial charge in [0.15, 0.2) is 12.2 Å². The third-order valence-electron chi connectivity index (χ3n) is 16.2. The van der Waals surface area contributed by atoms with Crippen molar-refractivity contribution in [3.8, 4) is 0 Å². The summed E-state index contributed by atoms with van der Waals surface area (Å²) >= 11 is 0. The van der Waals surface area contributed by atoms with Crippen LogP contribution >= 0.6 is 15.6 Å². The number of esters is 4. The summed E-state index contributed by atoms with van der Waals surface area (Å²) in [6.07, 6.45) is 69.1. The maximum absolute atomic E-state index is 13.1. The first kappa shape index (κ1) is 92.5. The Balaban J connectivity index is 5.34. The van der Waals surface area contributed by atoms with Crippen LogP contribution < -0.4 is 0 Å². The molecular formula is C77H138O17P2. The van der Waals surface area contributed by atoms with Crippen LogP contribution in [0.4, 0.5) is 0 Å². The summed E-state index contributed by atoms with van der Waals surface area (Å²) in [6, 6.07) is 0. The molecule has 0 aliphatic carbocycles. The van der Waals surface area contributed by atoms with E-state index in [0.29, 0.717) is 32.1 Å². The molecule has 96 heavy (non-hydrogen) atoms. The molecule has 0 saturated carbocycles. The van der Waals surface area contributed by atoms with Gasteiger partial charge in [0.05, 0.1) is 26.4 Å². The lowest BCUT2D eigenvalue weighted by Gasteiger charge is -2.21. The number of rotatable bonds is 72. The van der Waals surface area contributed by atoms with Gasteiger partial charge in [-0.15, -0.1) is 0 Å². The average molecular weight is 1400 g/mol. The third kappa shape index (κ3) is 69.0. The number of aliphatic hydroxyl groups excluding tert-OH is 1. The summed E-state index contributed by atoms with van der Waals surface area (Å²) in [5, 5.41) is 10.6. The van der Waals surface area contributed by atoms with Gasteiger partial charge >= 0.3 is 39.5 Å². The van der Waals surface area contributed by atoms with Crippen LogP contribution in [0, 0.1) is 0 Å². The molecule has 19 heteroatoms. The second-order valence-electron chi connectivity index (χ2n) is 25.6. The standard InChI is InChI=1S/C77H138O17P2/c1-5-9-13-17-21-25-29-32-33-34-35-36-37-40-43-46-50-54-58-62-75(80)88-68-73(94-77(82)64-60-56-52-48-44-39-31-27-23-19-15-11-7-3)70-92-96(85,86)90-66-71(78)65-89-95(83,84)91-69-72(93-76(81)63-59-55-51-47-41-28-24-20-16-12-8-4)67-87-74(79)61-57-53-49-45-42-38-30-26-22-18-14-10-6-2/h9,13,21,25,32-33,35-36,40,43,50,54,71-73,78H,5-8,10-12,14-20,22-24,26-31,34,37-39,41-42,44-49,51-53,55-70H2,1-4H3,(H,83,84)(H,85,86)/b13-9-,25-21-,33-32-,36-35-,43-40-,54-50-. The summed E-state index contributed by atoms with van der Waals surface area (Å²) in [5.74, 6) is -2.24. The molecule has 0 aromatic heterocycles. The smallest absolute Gasteiger partial charge is 0.462 e. The minimum absolute atomic E-state index is 0.0403. The zero-order chi connectivity index (χ0) is 70.4. The molecule has 3 N–H and O–H groups in total. The molecule has 17 nitrogen and oxygen atoms in total. The normalized spacial score (nSPS) is 14.4. The Morgan fingerprint density at radius 1 is 0.302 bits per heavy atom. The molecule has 0 amide bonds. The summed E-state index contributed by atoms with van der Waals surface area (Å²) in [6.45, 7) is 4.71. The fourth-order valence-corrected chi connectivity index (χ4v) is 12.0. The first-order chi connectivity index (χ1) is 46.7. The van der Waals surface area contributed by atoms with Gasteiger partial charge in [-0.05, 0) is 64.2 Å². The lowest BCUT2D eigenvalue weighted by atomic mass is 10.0. The van der Waals surface area contributed by atoms with Gasteiger partial charge in [0, 0.05) is 25.7 Å². The quantitative estimate of drug-likeness (QED) is 0.0169. The van der Waals surface area contributed by atoms with E-state index in [1.165, 1.54) is 148 Å². The zero-order valence-corrected chi connectivity index (χ0v) is 62.6. The van der Waals surface area contributed by atoms with Gasteiger partial charge in [-0.2, -0.15) is 0 Å². The number of phosphoric ester groups is 2. The summed E-state index contributed by atoms with van der Waals surface area (Å²) < 4.78 is 68.3. The fraction of sp³-hybridized carbons (Fsp3) is 0.792. The highest BCUT2D eigenvalue weighted by molar-refractivity contribution is 7.47. The van der Waals surface area contributed by atoms with Crippen LogP contribution in [0.15, 0.2) is 72.9 Å². The van der Waals surface area contributed by atoms with Crippen molar-refractivity contribution < 1.29 is 80.2 Å². The zero-order valence-electron chi connectivity index (χ0n) is 60.8. The molecule has 0 saturated heterocycles. The molecule has 0 radical (unpaired) electrons. The van der Waals surface area contributed by atoms with E-state index in [-0.39, 0.29) is 25.7 Å². The van der Waals surface area contributed by atoms with E-state index in [2.05, 4.69) is 82.4 Å². The molecule has 5 unspecified atom stereocenters. The lowest BCUT2D eigenvalue weighted by Crippen LogP contribution is -2.30. The molecule has 0 aliphatic heterocycles. The van der Waals surface area contributed by atoms with Gasteiger partial charge in [0.1, 0.15) is 19.3 Å². The lowest BCUT2D eigenvalue weighted by molar-refractivity contribution is -0.161. The Bertz CT molecular complexity index is 2110. The van der Waals surface area contributed by atoms with Crippen LogP contribution in [0.5, 0.6) is 0 Å². The van der Waals surface area contributed by atoms with Gasteiger partial charge in [-0.25, -0.2) is 9.13 Å². The Hall–Kier alpha value is -3.50. The van der Waals surface area contributed by atoms with Crippen molar-refractivity contribution in [2.24, 2.45) is 0 Å². The number of ether oxygens (including phenoxy) is 4. The Morgan fingerprint density at radius 3 is 0.833 bits per heavy atom. The van der Waals surface area contributed by atoms with Crippen LogP contribution in [0.2, 0.25) is 0 Å². The topological polar surface area (TPSA) is 237 Å². The number of allylic oxidation sites excluding steroid dienone is 12. The Kier molecular flexibility index (Phi) is 67.4. The molecule has 0 fully saturated rings. The Labute approximate surface area is 583 Å². The Morgan fingerprint density at radius 2 is 0.542 bits per heavy atom. The molecule has 0 spiro atoms. The molecular weight excluding hydrogens is 1260 g/mol. The summed E-state index contributed by atoms with van der Waals surface area (Å²) in [4.78, 5) is 72.7. The number of carbonyl (C=O) groups is 4. The van der Waals surface area contributed by atoms with Gasteiger partial charge in [0.25, 0.3) is 0 Å². The molecule has 0 heterocycles. The van der Waals surface area contributed by atoms with Gasteiger partial charge in [0.2, 0.25) is 0 Å². The van der Waals surface area contributed by atoms with E-state index in [4.69, 9.17) is 37.0 Å². The van der Waals surface area contributed by atoms with Crippen molar-refractivity contribution >= 4 is 39.5 Å². The number of hydrogen-bond acceptors (Lipinski definition) is 15. The van der Waals surface area contributed by atoms with Crippen molar-refractivity contribution in [3.05, 3.63) is 72.9 Å². The minimum atomic E-state index is -4.98. The van der Waals surface area contributed by atoms with E-state index in [1.807, 2.05) is 18.2 Å². The summed E-state index contributed by atoms with van der Waals surface area (Å²) in [5.41, 5.74) is 0. The van der Waals surface area contributed by atoms with Gasteiger partial charge in [-0.1, -0.05) is 319 Å². The van der Waals surface area contributed by atoms with Crippen molar-refractivity contribution in [1.82, 2.24) is 0 Å². The fourth-order valence-electron chi connectivity index (χ4n) is 10.4. The maximum Gasteiger partial charge on any atom is 0.472 e. The van der Waals surface area contributed by atoms with Crippen LogP contribution in [-0.4, -0.2) is 96.7 Å². The number of hydrogen-bond donors (Lipinski definition) is 3. The van der Waals surface area contributed by atoms with Crippen molar-refractivity contribution in [2.45, 2.75) is 354 Å². The predicted octanol–water partition coefficient (Wildman–Crippen LogP) is 21.7. The molecule has 558 valence electrons. The highest BCUT2D eigenvalue weighted by Crippen LogP contribution is 2.45. The number of carbonyl (C=O) groups excluding carboxylic acids is 4. The van der Waals surface area contributed by atoms with E-state index in [1.54, 1.807) is 0 Å². The molecule has 0 aliphatic rings. The SMILES string of the molecule is CC/C=C\C/C=C\C/C=C\C/C=C\C/C=C\C/C=C\CCC(=O)OCC(COP(=O)(O)OCC(O)COP(=O)(O)OCC(COC(=O)CCCCCCCCCCCCCCC)OC(=O)CCCCCCCCCCCCC)OC(=O)CCCCCCCCCCCCCCC. The van der Waals surface area contributed by atoms with E-state index in [9.17, 15) is 43.2 Å². The van der Waals surface area contributed by atoms with Crippen molar-refractivity contribution in [2.75, 3.05) is 39.6 Å². The molecule has 0 aromatic carbocycles. The van der Waals surface area contributed by atoms with Crippen molar-refractivity contribution in [3.63, 3.8) is 0 Å². The second-order valence-corrected chi connectivity index (χ2v) is 28.5. The molecule has 0 rings (SSSR count). The highest BCUT2D eigenvalue weighted by Gasteiger charge is 2.30. The van der Waals surface area contributed by atoms with Crippen LogP contribution in [0.3, 0.4) is 0 Å². The average Bonchev–Trinajstić information content (AvgIpc) is 1.17. The number of aliphatic hydroxyl groups is 1. The summed E-state index contributed by atoms with van der Waals surface area (Å²) in [7, 11) is -9.94. The van der Waals surface area contributed by atoms with E-state index < -0.39 is 97.5 Å². The van der Waals surface area contributed by atoms with E-state index >= 15 is 0 Å². The van der Waals surface area contributed by atoms with Crippen LogP contribution in [-0.2, 0) is 65.4 Å². The van der Waals surface area contributed by atoms with E-state index in [0.717, 1.165) is 103 Å². The van der Waals surface area contributed by atoms with Crippen LogP contribution in [0.25, 0.3) is 0 Å². The first-order valence-electron chi connectivity index (χ1n) is 38.2. The monoisotopic (exact) mass is 1400 g/mol. The maximum atomic E-state index is 13.1. The number of phosphoric acid groups is 2. The minimum Gasteiger partial charge on any atom is -0.462 e. The van der Waals surface area contributed by atoms with Gasteiger partial charge < -0.3 is 33.8 Å². The number of unbranched alkanes of at least 4 members (excludes halogenated alkanes) is 34. The first-order valence-corrected chi connectivity index (χ1v) is 41.2. The highest BCUT2D eigenvalue weighted by atomic mass is 31.2. The second kappa shape index (κ2) is 70.0. The van der Waals surface area contributed by atoms with Crippen molar-refractivity contribution in [1.29, 1.82) is 0 Å². The van der Waals surface area contributed by atoms with Crippen LogP contribution in [0.1, 0.15) is 336 Å². The predicted molar refractivity (Wildman–Crippen MR) is 390 cm³/mol. The largest absolute Gasteiger partial charge is 0.472 e. The van der Waals surface area contributed by atoms with Gasteiger partial charge in [-0.3, -0.25) is 37.3 Å².